The van der Waals surface area contributed by atoms with Gasteiger partial charge < -0.3 is 4.90 Å². The maximum Gasteiger partial charge on any atom is 0.229 e. The molecule has 4 rings (SSSR count). The highest BCUT2D eigenvalue weighted by molar-refractivity contribution is 7.11. The van der Waals surface area contributed by atoms with Crippen molar-refractivity contribution in [2.45, 2.75) is 12.8 Å². The topological polar surface area (TPSA) is 20.3 Å². The highest BCUT2D eigenvalue weighted by Crippen LogP contribution is 2.76. The van der Waals surface area contributed by atoms with Crippen molar-refractivity contribution in [2.24, 2.45) is 11.3 Å². The molecule has 0 saturated heterocycles. The molecule has 16 heavy (non-hydrogen) atoms. The van der Waals surface area contributed by atoms with E-state index in [2.05, 4.69) is 23.6 Å². The van der Waals surface area contributed by atoms with Gasteiger partial charge in [0.1, 0.15) is 0 Å². The maximum atomic E-state index is 12.2. The first-order chi connectivity index (χ1) is 7.79. The molecule has 2 saturated carbocycles. The van der Waals surface area contributed by atoms with Gasteiger partial charge >= 0.3 is 0 Å². The van der Waals surface area contributed by atoms with E-state index in [4.69, 9.17) is 0 Å². The minimum absolute atomic E-state index is 0.138. The second-order valence-electron chi connectivity index (χ2n) is 5.15. The van der Waals surface area contributed by atoms with E-state index in [-0.39, 0.29) is 5.41 Å². The minimum atomic E-state index is 0.138. The first kappa shape index (κ1) is 8.99. The van der Waals surface area contributed by atoms with Gasteiger partial charge in [0.05, 0.1) is 5.41 Å². The van der Waals surface area contributed by atoms with Gasteiger partial charge in [-0.05, 0) is 35.8 Å². The van der Waals surface area contributed by atoms with Crippen LogP contribution in [0.15, 0.2) is 23.6 Å². The maximum absolute atomic E-state index is 12.2. The van der Waals surface area contributed by atoms with Crippen LogP contribution in [0.4, 0.5) is 0 Å². The fourth-order valence-electron chi connectivity index (χ4n) is 2.72. The molecule has 1 aromatic rings. The highest BCUT2D eigenvalue weighted by Gasteiger charge is 2.75. The zero-order valence-corrected chi connectivity index (χ0v) is 9.80. The van der Waals surface area contributed by atoms with Crippen molar-refractivity contribution >= 4 is 22.8 Å². The van der Waals surface area contributed by atoms with Crippen LogP contribution in [0.5, 0.6) is 0 Å². The molecular formula is C13H13NOS. The molecule has 2 heterocycles. The van der Waals surface area contributed by atoms with Gasteiger partial charge in [-0.2, -0.15) is 0 Å². The standard InChI is InChI=1S/C13H13NOS/c15-12(13-6-10(13)7-13)14-4-3-9(8-14)11-2-1-5-16-11/h1-3,5,10H,4,6-8H2. The van der Waals surface area contributed by atoms with E-state index in [0.29, 0.717) is 5.91 Å². The summed E-state index contributed by atoms with van der Waals surface area (Å²) in [5.74, 6) is 1.17. The van der Waals surface area contributed by atoms with Crippen molar-refractivity contribution in [3.63, 3.8) is 0 Å². The van der Waals surface area contributed by atoms with Crippen LogP contribution in [0.2, 0.25) is 0 Å². The first-order valence-corrected chi connectivity index (χ1v) is 6.70. The zero-order chi connectivity index (χ0) is 10.8. The predicted molar refractivity (Wildman–Crippen MR) is 64.0 cm³/mol. The number of rotatable bonds is 2. The third kappa shape index (κ3) is 1.09. The molecule has 2 fully saturated rings. The van der Waals surface area contributed by atoms with Crippen molar-refractivity contribution in [1.82, 2.24) is 4.90 Å². The normalized spacial score (nSPS) is 34.6. The fraction of sp³-hybridized carbons (Fsp3) is 0.462. The average molecular weight is 231 g/mol. The second kappa shape index (κ2) is 2.77. The van der Waals surface area contributed by atoms with E-state index in [9.17, 15) is 4.79 Å². The second-order valence-corrected chi connectivity index (χ2v) is 6.10. The SMILES string of the molecule is O=C(N1CC=C(c2cccs2)C1)C12CC1C2. The molecule has 0 radical (unpaired) electrons. The molecule has 0 spiro atoms. The summed E-state index contributed by atoms with van der Waals surface area (Å²) >= 11 is 1.76. The van der Waals surface area contributed by atoms with Crippen LogP contribution in [0.3, 0.4) is 0 Å². The van der Waals surface area contributed by atoms with Gasteiger partial charge in [-0.3, -0.25) is 4.79 Å². The lowest BCUT2D eigenvalue weighted by Gasteiger charge is -2.18. The molecule has 1 amide bonds. The summed E-state index contributed by atoms with van der Waals surface area (Å²) in [5, 5.41) is 2.09. The molecule has 0 bridgehead atoms. The third-order valence-electron chi connectivity index (χ3n) is 4.15. The quantitative estimate of drug-likeness (QED) is 0.765. The summed E-state index contributed by atoms with van der Waals surface area (Å²) in [6, 6.07) is 4.21. The van der Waals surface area contributed by atoms with Crippen LogP contribution < -0.4 is 0 Å². The Labute approximate surface area is 98.6 Å². The van der Waals surface area contributed by atoms with Gasteiger partial charge in [-0.25, -0.2) is 0 Å². The van der Waals surface area contributed by atoms with Crippen molar-refractivity contribution in [2.75, 3.05) is 13.1 Å². The number of amides is 1. The molecule has 0 unspecified atom stereocenters. The van der Waals surface area contributed by atoms with Crippen LogP contribution in [0.1, 0.15) is 17.7 Å². The van der Waals surface area contributed by atoms with Gasteiger partial charge in [0, 0.05) is 18.0 Å². The van der Waals surface area contributed by atoms with Gasteiger partial charge in [0.15, 0.2) is 0 Å². The fourth-order valence-corrected chi connectivity index (χ4v) is 3.48. The van der Waals surface area contributed by atoms with Crippen LogP contribution in [0.25, 0.3) is 5.57 Å². The van der Waals surface area contributed by atoms with E-state index < -0.39 is 0 Å². The molecular weight excluding hydrogens is 218 g/mol. The predicted octanol–water partition coefficient (Wildman–Crippen LogP) is 2.38. The molecule has 2 aliphatic carbocycles. The molecule has 82 valence electrons. The van der Waals surface area contributed by atoms with Crippen LogP contribution in [-0.2, 0) is 4.79 Å². The summed E-state index contributed by atoms with van der Waals surface area (Å²) in [6.07, 6.45) is 4.54. The number of carbonyl (C=O) groups excluding carboxylic acids is 1. The van der Waals surface area contributed by atoms with E-state index in [1.807, 2.05) is 4.90 Å². The lowest BCUT2D eigenvalue weighted by atomic mass is 10.2. The molecule has 1 aromatic heterocycles. The Bertz CT molecular complexity index is 482. The molecule has 3 heteroatoms. The van der Waals surface area contributed by atoms with Crippen molar-refractivity contribution in [3.8, 4) is 0 Å². The lowest BCUT2D eigenvalue weighted by Crippen LogP contribution is -2.32. The van der Waals surface area contributed by atoms with Crippen molar-refractivity contribution < 1.29 is 4.79 Å². The van der Waals surface area contributed by atoms with E-state index in [0.717, 1.165) is 31.8 Å². The van der Waals surface area contributed by atoms with Crippen LogP contribution in [-0.4, -0.2) is 23.9 Å². The third-order valence-corrected chi connectivity index (χ3v) is 5.10. The number of hydrogen-bond donors (Lipinski definition) is 0. The Balaban J connectivity index is 1.50. The Kier molecular flexibility index (Phi) is 1.56. The number of thiophene rings is 1. The molecule has 0 atom stereocenters. The zero-order valence-electron chi connectivity index (χ0n) is 8.98. The number of carbonyl (C=O) groups is 1. The Hall–Kier alpha value is -1.09. The minimum Gasteiger partial charge on any atom is -0.334 e. The molecule has 1 aliphatic heterocycles. The largest absolute Gasteiger partial charge is 0.334 e. The van der Waals surface area contributed by atoms with Gasteiger partial charge in [0.2, 0.25) is 5.91 Å². The smallest absolute Gasteiger partial charge is 0.229 e. The van der Waals surface area contributed by atoms with Crippen LogP contribution >= 0.6 is 11.3 Å². The van der Waals surface area contributed by atoms with Gasteiger partial charge in [-0.15, -0.1) is 11.3 Å². The number of fused-ring (bicyclic) bond motifs is 1. The van der Waals surface area contributed by atoms with Gasteiger partial charge in [0.25, 0.3) is 0 Å². The van der Waals surface area contributed by atoms with Crippen molar-refractivity contribution in [3.05, 3.63) is 28.5 Å². The van der Waals surface area contributed by atoms with E-state index in [1.165, 1.54) is 10.5 Å². The summed E-state index contributed by atoms with van der Waals surface area (Å²) in [7, 11) is 0. The highest BCUT2D eigenvalue weighted by atomic mass is 32.1. The summed E-state index contributed by atoms with van der Waals surface area (Å²) in [4.78, 5) is 15.5. The van der Waals surface area contributed by atoms with Crippen LogP contribution in [0, 0.1) is 11.3 Å². The van der Waals surface area contributed by atoms with E-state index in [1.54, 1.807) is 11.3 Å². The van der Waals surface area contributed by atoms with Gasteiger partial charge in [-0.1, -0.05) is 12.1 Å². The summed E-state index contributed by atoms with van der Waals surface area (Å²) in [6.45, 7) is 1.65. The molecule has 0 N–H and O–H groups in total. The lowest BCUT2D eigenvalue weighted by molar-refractivity contribution is -0.133. The molecule has 3 aliphatic rings. The number of hydrogen-bond acceptors (Lipinski definition) is 2. The average Bonchev–Trinajstić information content (AvgIpc) is 2.94. The number of nitrogens with zero attached hydrogens (tertiary/aromatic N) is 1. The molecule has 2 nitrogen and oxygen atoms in total. The Morgan fingerprint density at radius 3 is 2.94 bits per heavy atom. The van der Waals surface area contributed by atoms with E-state index >= 15 is 0 Å². The Morgan fingerprint density at radius 2 is 2.31 bits per heavy atom. The molecule has 0 aromatic carbocycles. The van der Waals surface area contributed by atoms with Crippen molar-refractivity contribution in [1.29, 1.82) is 0 Å². The summed E-state index contributed by atoms with van der Waals surface area (Å²) in [5.41, 5.74) is 1.47. The Morgan fingerprint density at radius 1 is 1.50 bits per heavy atom. The monoisotopic (exact) mass is 231 g/mol. The summed E-state index contributed by atoms with van der Waals surface area (Å²) < 4.78 is 0. The first-order valence-electron chi connectivity index (χ1n) is 5.82.